The van der Waals surface area contributed by atoms with Gasteiger partial charge in [-0.05, 0) is 26.2 Å². The van der Waals surface area contributed by atoms with Crippen LogP contribution in [0.15, 0.2) is 18.2 Å². The number of aromatic nitrogens is 1. The van der Waals surface area contributed by atoms with Gasteiger partial charge in [-0.3, -0.25) is 0 Å². The van der Waals surface area contributed by atoms with E-state index in [1.807, 2.05) is 18.2 Å². The number of fused-ring (bicyclic) bond motifs is 1. The summed E-state index contributed by atoms with van der Waals surface area (Å²) < 4.78 is 1.12. The van der Waals surface area contributed by atoms with Crippen LogP contribution in [-0.2, 0) is 0 Å². The second kappa shape index (κ2) is 4.99. The minimum absolute atomic E-state index is 0.717. The van der Waals surface area contributed by atoms with Crippen LogP contribution in [0, 0.1) is 0 Å². The maximum atomic E-state index is 6.06. The van der Waals surface area contributed by atoms with Gasteiger partial charge in [0.05, 0.1) is 9.72 Å². The first-order valence-electron chi connectivity index (χ1n) is 5.10. The lowest BCUT2D eigenvalue weighted by molar-refractivity contribution is 0.425. The summed E-state index contributed by atoms with van der Waals surface area (Å²) in [6.07, 6.45) is 0. The Balaban J connectivity index is 2.11. The Bertz CT molecular complexity index is 481. The molecule has 5 heteroatoms. The zero-order valence-electron chi connectivity index (χ0n) is 9.33. The van der Waals surface area contributed by atoms with Crippen molar-refractivity contribution in [2.75, 3.05) is 32.5 Å². The summed E-state index contributed by atoms with van der Waals surface area (Å²) in [4.78, 5) is 6.60. The lowest BCUT2D eigenvalue weighted by Gasteiger charge is -2.08. The molecule has 3 nitrogen and oxygen atoms in total. The highest BCUT2D eigenvalue weighted by Crippen LogP contribution is 2.30. The summed E-state index contributed by atoms with van der Waals surface area (Å²) in [6.45, 7) is 1.88. The molecular weight excluding hydrogens is 242 g/mol. The molecule has 2 rings (SSSR count). The number of thiazole rings is 1. The van der Waals surface area contributed by atoms with Gasteiger partial charge in [0.15, 0.2) is 5.13 Å². The molecule has 16 heavy (non-hydrogen) atoms. The molecule has 86 valence electrons. The minimum atomic E-state index is 0.717. The van der Waals surface area contributed by atoms with Crippen LogP contribution in [0.25, 0.3) is 10.2 Å². The molecule has 2 aromatic rings. The number of nitrogens with one attached hydrogen (secondary N) is 1. The van der Waals surface area contributed by atoms with Crippen LogP contribution in [0.2, 0.25) is 5.02 Å². The first kappa shape index (κ1) is 11.6. The monoisotopic (exact) mass is 255 g/mol. The van der Waals surface area contributed by atoms with Gasteiger partial charge < -0.3 is 10.2 Å². The molecule has 1 heterocycles. The third-order valence-corrected chi connectivity index (χ3v) is 3.49. The fourth-order valence-corrected chi connectivity index (χ4v) is 2.57. The molecule has 0 aliphatic carbocycles. The summed E-state index contributed by atoms with van der Waals surface area (Å²) in [5.41, 5.74) is 0.890. The molecule has 0 bridgehead atoms. The van der Waals surface area contributed by atoms with Crippen LogP contribution in [0.1, 0.15) is 0 Å². The number of benzene rings is 1. The number of para-hydroxylation sites is 1. The van der Waals surface area contributed by atoms with Gasteiger partial charge in [-0.15, -0.1) is 0 Å². The number of hydrogen-bond donors (Lipinski definition) is 1. The topological polar surface area (TPSA) is 28.2 Å². The molecule has 1 aromatic heterocycles. The fraction of sp³-hybridized carbons (Fsp3) is 0.364. The number of anilines is 1. The molecule has 0 amide bonds. The van der Waals surface area contributed by atoms with Gasteiger partial charge in [0.2, 0.25) is 0 Å². The molecule has 0 atom stereocenters. The highest BCUT2D eigenvalue weighted by atomic mass is 35.5. The summed E-state index contributed by atoms with van der Waals surface area (Å²) >= 11 is 7.70. The van der Waals surface area contributed by atoms with E-state index in [2.05, 4.69) is 29.3 Å². The van der Waals surface area contributed by atoms with Crippen LogP contribution >= 0.6 is 22.9 Å². The van der Waals surface area contributed by atoms with Crippen molar-refractivity contribution in [1.82, 2.24) is 9.88 Å². The van der Waals surface area contributed by atoms with Crippen LogP contribution < -0.4 is 5.32 Å². The molecule has 0 saturated carbocycles. The molecule has 1 N–H and O–H groups in total. The predicted octanol–water partition coefficient (Wildman–Crippen LogP) is 2.92. The van der Waals surface area contributed by atoms with Gasteiger partial charge in [-0.2, -0.15) is 0 Å². The van der Waals surface area contributed by atoms with E-state index in [1.165, 1.54) is 0 Å². The summed E-state index contributed by atoms with van der Waals surface area (Å²) in [5, 5.41) is 4.95. The molecule has 0 aliphatic heterocycles. The fourth-order valence-electron chi connectivity index (χ4n) is 1.38. The molecule has 0 fully saturated rings. The van der Waals surface area contributed by atoms with Crippen molar-refractivity contribution in [1.29, 1.82) is 0 Å². The van der Waals surface area contributed by atoms with E-state index < -0.39 is 0 Å². The highest BCUT2D eigenvalue weighted by molar-refractivity contribution is 7.22. The van der Waals surface area contributed by atoms with Crippen molar-refractivity contribution in [3.63, 3.8) is 0 Å². The molecule has 0 spiro atoms. The molecule has 0 aliphatic rings. The van der Waals surface area contributed by atoms with Gasteiger partial charge in [0.1, 0.15) is 5.52 Å². The van der Waals surface area contributed by atoms with E-state index in [0.717, 1.165) is 33.5 Å². The molecule has 1 aromatic carbocycles. The normalized spacial score (nSPS) is 11.2. The lowest BCUT2D eigenvalue weighted by Crippen LogP contribution is -2.20. The van der Waals surface area contributed by atoms with E-state index >= 15 is 0 Å². The molecule has 0 radical (unpaired) electrons. The average molecular weight is 256 g/mol. The number of rotatable bonds is 4. The van der Waals surface area contributed by atoms with E-state index in [0.29, 0.717) is 0 Å². The maximum absolute atomic E-state index is 6.06. The van der Waals surface area contributed by atoms with Crippen LogP contribution in [-0.4, -0.2) is 37.1 Å². The largest absolute Gasteiger partial charge is 0.360 e. The van der Waals surface area contributed by atoms with Crippen molar-refractivity contribution in [3.05, 3.63) is 23.2 Å². The van der Waals surface area contributed by atoms with E-state index in [4.69, 9.17) is 11.6 Å². The summed E-state index contributed by atoms with van der Waals surface area (Å²) in [7, 11) is 4.10. The van der Waals surface area contributed by atoms with Gasteiger partial charge in [0.25, 0.3) is 0 Å². The number of hydrogen-bond acceptors (Lipinski definition) is 4. The van der Waals surface area contributed by atoms with E-state index in [9.17, 15) is 0 Å². The molecule has 0 saturated heterocycles. The van der Waals surface area contributed by atoms with Crippen molar-refractivity contribution < 1.29 is 0 Å². The highest BCUT2D eigenvalue weighted by Gasteiger charge is 2.05. The predicted molar refractivity (Wildman–Crippen MR) is 71.7 cm³/mol. The third-order valence-electron chi connectivity index (χ3n) is 2.20. The Morgan fingerprint density at radius 1 is 1.44 bits per heavy atom. The van der Waals surface area contributed by atoms with Gasteiger partial charge in [0, 0.05) is 13.1 Å². The second-order valence-electron chi connectivity index (χ2n) is 3.84. The van der Waals surface area contributed by atoms with Crippen molar-refractivity contribution in [2.24, 2.45) is 0 Å². The summed E-state index contributed by atoms with van der Waals surface area (Å²) in [5.74, 6) is 0. The van der Waals surface area contributed by atoms with Crippen molar-refractivity contribution in [2.45, 2.75) is 0 Å². The average Bonchev–Trinajstić information content (AvgIpc) is 2.61. The van der Waals surface area contributed by atoms with Crippen LogP contribution in [0.3, 0.4) is 0 Å². The van der Waals surface area contributed by atoms with E-state index in [1.54, 1.807) is 11.3 Å². The van der Waals surface area contributed by atoms with Crippen molar-refractivity contribution in [3.8, 4) is 0 Å². The number of likely N-dealkylation sites (N-methyl/N-ethyl adjacent to an activating group) is 1. The quantitative estimate of drug-likeness (QED) is 0.911. The minimum Gasteiger partial charge on any atom is -0.360 e. The Morgan fingerprint density at radius 2 is 2.25 bits per heavy atom. The van der Waals surface area contributed by atoms with Gasteiger partial charge >= 0.3 is 0 Å². The van der Waals surface area contributed by atoms with E-state index in [-0.39, 0.29) is 0 Å². The van der Waals surface area contributed by atoms with Crippen LogP contribution in [0.5, 0.6) is 0 Å². The van der Waals surface area contributed by atoms with Crippen molar-refractivity contribution >= 4 is 38.3 Å². The Kier molecular flexibility index (Phi) is 3.63. The number of nitrogens with zero attached hydrogens (tertiary/aromatic N) is 2. The lowest BCUT2D eigenvalue weighted by atomic mass is 10.3. The standard InChI is InChI=1S/C11H14ClN3S/c1-15(2)7-6-13-11-14-10-8(12)4-3-5-9(10)16-11/h3-5H,6-7H2,1-2H3,(H,13,14). The summed E-state index contributed by atoms with van der Waals surface area (Å²) in [6, 6.07) is 5.86. The zero-order valence-corrected chi connectivity index (χ0v) is 10.9. The van der Waals surface area contributed by atoms with Crippen LogP contribution in [0.4, 0.5) is 5.13 Å². The molecule has 0 unspecified atom stereocenters. The first-order chi connectivity index (χ1) is 7.66. The second-order valence-corrected chi connectivity index (χ2v) is 5.27. The first-order valence-corrected chi connectivity index (χ1v) is 6.30. The zero-order chi connectivity index (χ0) is 11.5. The van der Waals surface area contributed by atoms with Gasteiger partial charge in [-0.25, -0.2) is 4.98 Å². The SMILES string of the molecule is CN(C)CCNc1nc2c(Cl)cccc2s1. The number of halogens is 1. The van der Waals surface area contributed by atoms with Gasteiger partial charge in [-0.1, -0.05) is 29.0 Å². The Hall–Kier alpha value is -0.840. The molecular formula is C11H14ClN3S. The Morgan fingerprint density at radius 3 is 2.94 bits per heavy atom. The maximum Gasteiger partial charge on any atom is 0.183 e. The smallest absolute Gasteiger partial charge is 0.183 e. The Labute approximate surface area is 104 Å². The third kappa shape index (κ3) is 2.64.